The second kappa shape index (κ2) is 5.14. The molecule has 0 aromatic heterocycles. The van der Waals surface area contributed by atoms with Crippen molar-refractivity contribution < 1.29 is 17.6 Å². The number of fused-ring (bicyclic) bond motifs is 1. The molecule has 0 aliphatic carbocycles. The van der Waals surface area contributed by atoms with Gasteiger partial charge in [-0.1, -0.05) is 18.2 Å². The molecule has 2 rings (SSSR count). The van der Waals surface area contributed by atoms with Gasteiger partial charge in [0.1, 0.15) is 0 Å². The Hall–Kier alpha value is -1.30. The maximum absolute atomic E-state index is 12.7. The highest BCUT2D eigenvalue weighted by Crippen LogP contribution is 2.27. The second-order valence-electron chi connectivity index (χ2n) is 4.29. The van der Waals surface area contributed by atoms with Crippen LogP contribution in [0.5, 0.6) is 0 Å². The predicted octanol–water partition coefficient (Wildman–Crippen LogP) is 2.64. The van der Waals surface area contributed by atoms with Crippen LogP contribution in [0.2, 0.25) is 0 Å². The van der Waals surface area contributed by atoms with Crippen LogP contribution in [-0.2, 0) is 13.0 Å². The van der Waals surface area contributed by atoms with E-state index in [4.69, 9.17) is 0 Å². The summed E-state index contributed by atoms with van der Waals surface area (Å²) in [5.41, 5.74) is 2.90. The van der Waals surface area contributed by atoms with Gasteiger partial charge in [0.15, 0.2) is 0 Å². The first-order valence-corrected chi connectivity index (χ1v) is 5.72. The molecular formula is C12H14F4N2. The molecule has 1 heterocycles. The largest absolute Gasteiger partial charge is 0.384 e. The first-order valence-electron chi connectivity index (χ1n) is 5.72. The Morgan fingerprint density at radius 3 is 2.83 bits per heavy atom. The summed E-state index contributed by atoms with van der Waals surface area (Å²) in [6.45, 7) is -0.0492. The van der Waals surface area contributed by atoms with Crippen LogP contribution in [0.3, 0.4) is 0 Å². The monoisotopic (exact) mass is 262 g/mol. The minimum absolute atomic E-state index is 0.151. The van der Waals surface area contributed by atoms with Crippen molar-refractivity contribution >= 4 is 5.69 Å². The normalized spacial score (nSPS) is 14.7. The van der Waals surface area contributed by atoms with Crippen LogP contribution in [0.4, 0.5) is 23.2 Å². The number of hydrogen-bond acceptors (Lipinski definition) is 2. The molecule has 0 unspecified atom stereocenters. The Morgan fingerprint density at radius 1 is 1.33 bits per heavy atom. The Kier molecular flexibility index (Phi) is 3.75. The van der Waals surface area contributed by atoms with E-state index in [-0.39, 0.29) is 6.54 Å². The van der Waals surface area contributed by atoms with Gasteiger partial charge in [-0.25, -0.2) is 8.78 Å². The van der Waals surface area contributed by atoms with Crippen LogP contribution >= 0.6 is 0 Å². The number of alkyl halides is 4. The Morgan fingerprint density at radius 2 is 2.11 bits per heavy atom. The summed E-state index contributed by atoms with van der Waals surface area (Å²) in [5.74, 6) is -3.98. The summed E-state index contributed by atoms with van der Waals surface area (Å²) in [6, 6.07) is 5.60. The molecule has 0 atom stereocenters. The van der Waals surface area contributed by atoms with Crippen LogP contribution in [0.1, 0.15) is 11.1 Å². The Balaban J connectivity index is 1.94. The van der Waals surface area contributed by atoms with Crippen molar-refractivity contribution in [3.63, 3.8) is 0 Å². The van der Waals surface area contributed by atoms with Gasteiger partial charge in [0, 0.05) is 18.8 Å². The first-order chi connectivity index (χ1) is 8.50. The van der Waals surface area contributed by atoms with E-state index in [2.05, 4.69) is 10.6 Å². The van der Waals surface area contributed by atoms with Gasteiger partial charge in [-0.2, -0.15) is 8.78 Å². The predicted molar refractivity (Wildman–Crippen MR) is 61.3 cm³/mol. The topological polar surface area (TPSA) is 24.1 Å². The van der Waals surface area contributed by atoms with Gasteiger partial charge in [0.05, 0.1) is 6.54 Å². The summed E-state index contributed by atoms with van der Waals surface area (Å²) in [5, 5.41) is 5.55. The van der Waals surface area contributed by atoms with Crippen LogP contribution in [-0.4, -0.2) is 25.4 Å². The molecule has 1 aromatic carbocycles. The van der Waals surface area contributed by atoms with E-state index in [1.54, 1.807) is 6.07 Å². The van der Waals surface area contributed by atoms with Crippen molar-refractivity contribution in [2.24, 2.45) is 0 Å². The number of halogens is 4. The lowest BCUT2D eigenvalue weighted by molar-refractivity contribution is -0.125. The maximum Gasteiger partial charge on any atom is 0.319 e. The van der Waals surface area contributed by atoms with Crippen molar-refractivity contribution in [1.82, 2.24) is 5.32 Å². The fourth-order valence-corrected chi connectivity index (χ4v) is 2.00. The highest BCUT2D eigenvalue weighted by molar-refractivity contribution is 5.61. The van der Waals surface area contributed by atoms with E-state index in [9.17, 15) is 17.6 Å². The molecule has 2 nitrogen and oxygen atoms in total. The third-order valence-corrected chi connectivity index (χ3v) is 2.93. The van der Waals surface area contributed by atoms with Gasteiger partial charge in [-0.3, -0.25) is 0 Å². The van der Waals surface area contributed by atoms with Crippen molar-refractivity contribution in [3.8, 4) is 0 Å². The summed E-state index contributed by atoms with van der Waals surface area (Å²) in [6.07, 6.45) is -2.74. The third kappa shape index (κ3) is 2.75. The fraction of sp³-hybridized carbons (Fsp3) is 0.500. The number of para-hydroxylation sites is 1. The molecule has 6 heteroatoms. The smallest absolute Gasteiger partial charge is 0.319 e. The highest BCUT2D eigenvalue weighted by Gasteiger charge is 2.40. The zero-order valence-electron chi connectivity index (χ0n) is 9.65. The molecule has 100 valence electrons. The molecule has 0 radical (unpaired) electrons. The second-order valence-corrected chi connectivity index (χ2v) is 4.29. The van der Waals surface area contributed by atoms with Crippen LogP contribution < -0.4 is 10.6 Å². The van der Waals surface area contributed by atoms with E-state index in [1.807, 2.05) is 12.1 Å². The van der Waals surface area contributed by atoms with Crippen LogP contribution in [0.15, 0.2) is 18.2 Å². The van der Waals surface area contributed by atoms with Gasteiger partial charge < -0.3 is 10.6 Å². The minimum atomic E-state index is -3.98. The van der Waals surface area contributed by atoms with Gasteiger partial charge in [0.25, 0.3) is 0 Å². The zero-order chi connectivity index (χ0) is 13.2. The Bertz CT molecular complexity index is 421. The van der Waals surface area contributed by atoms with Crippen molar-refractivity contribution in [2.45, 2.75) is 25.3 Å². The van der Waals surface area contributed by atoms with Crippen molar-refractivity contribution in [1.29, 1.82) is 0 Å². The molecule has 18 heavy (non-hydrogen) atoms. The van der Waals surface area contributed by atoms with Crippen LogP contribution in [0.25, 0.3) is 0 Å². The molecule has 0 bridgehead atoms. The lowest BCUT2D eigenvalue weighted by Crippen LogP contribution is -2.38. The number of nitrogens with one attached hydrogen (secondary N) is 2. The van der Waals surface area contributed by atoms with Gasteiger partial charge >= 0.3 is 12.3 Å². The average Bonchev–Trinajstić information content (AvgIpc) is 2.77. The third-order valence-electron chi connectivity index (χ3n) is 2.93. The average molecular weight is 262 g/mol. The molecular weight excluding hydrogens is 248 g/mol. The minimum Gasteiger partial charge on any atom is -0.384 e. The molecule has 1 aliphatic rings. The van der Waals surface area contributed by atoms with E-state index in [0.29, 0.717) is 0 Å². The van der Waals surface area contributed by atoms with E-state index in [0.717, 1.165) is 29.8 Å². The van der Waals surface area contributed by atoms with E-state index >= 15 is 0 Å². The summed E-state index contributed by atoms with van der Waals surface area (Å²) in [4.78, 5) is 0. The van der Waals surface area contributed by atoms with Crippen LogP contribution in [0, 0.1) is 0 Å². The number of hydrogen-bond donors (Lipinski definition) is 2. The first kappa shape index (κ1) is 13.1. The quantitative estimate of drug-likeness (QED) is 0.797. The molecule has 0 saturated heterocycles. The summed E-state index contributed by atoms with van der Waals surface area (Å²) in [7, 11) is 0. The lowest BCUT2D eigenvalue weighted by Gasteiger charge is -2.16. The number of rotatable bonds is 5. The molecule has 2 N–H and O–H groups in total. The van der Waals surface area contributed by atoms with Gasteiger partial charge in [0.2, 0.25) is 0 Å². The van der Waals surface area contributed by atoms with Crippen molar-refractivity contribution in [3.05, 3.63) is 29.3 Å². The maximum atomic E-state index is 12.7. The SMILES string of the molecule is FC(F)C(F)(F)CNCc1cccc2c1NCC2. The molecule has 1 aromatic rings. The molecule has 0 amide bonds. The summed E-state index contributed by atoms with van der Waals surface area (Å²) < 4.78 is 49.3. The zero-order valence-corrected chi connectivity index (χ0v) is 9.65. The van der Waals surface area contributed by atoms with Gasteiger partial charge in [-0.05, 0) is 17.5 Å². The molecule has 0 saturated carbocycles. The lowest BCUT2D eigenvalue weighted by atomic mass is 10.1. The molecule has 1 aliphatic heterocycles. The van der Waals surface area contributed by atoms with Crippen molar-refractivity contribution in [2.75, 3.05) is 18.4 Å². The standard InChI is InChI=1S/C12H14F4N2/c13-11(14)12(15,16)7-17-6-9-3-1-2-8-4-5-18-10(8)9/h1-3,11,17-18H,4-7H2. The van der Waals surface area contributed by atoms with E-state index < -0.39 is 18.9 Å². The van der Waals surface area contributed by atoms with E-state index in [1.165, 1.54) is 0 Å². The summed E-state index contributed by atoms with van der Waals surface area (Å²) >= 11 is 0. The molecule has 0 spiro atoms. The fourth-order valence-electron chi connectivity index (χ4n) is 2.00. The van der Waals surface area contributed by atoms with Gasteiger partial charge in [-0.15, -0.1) is 0 Å². The highest BCUT2D eigenvalue weighted by atomic mass is 19.3. The Labute approximate surface area is 102 Å². The molecule has 0 fully saturated rings. The number of benzene rings is 1. The number of anilines is 1.